The Morgan fingerprint density at radius 3 is 2.65 bits per heavy atom. The first kappa shape index (κ1) is 13.1. The third-order valence-electron chi connectivity index (χ3n) is 3.75. The number of carbonyl (C=O) groups excluding carboxylic acids is 2. The van der Waals surface area contributed by atoms with E-state index in [1.54, 1.807) is 11.0 Å². The highest BCUT2D eigenvalue weighted by molar-refractivity contribution is 7.12. The van der Waals surface area contributed by atoms with E-state index >= 15 is 0 Å². The smallest absolute Gasteiger partial charge is 0.237 e. The van der Waals surface area contributed by atoms with Crippen LogP contribution in [0.25, 0.3) is 0 Å². The molecule has 2 heterocycles. The quantitative estimate of drug-likeness (QED) is 0.812. The van der Waals surface area contributed by atoms with Gasteiger partial charge in [0.15, 0.2) is 5.78 Å². The molecule has 20 heavy (non-hydrogen) atoms. The van der Waals surface area contributed by atoms with E-state index in [9.17, 15) is 9.59 Å². The van der Waals surface area contributed by atoms with Gasteiger partial charge in [0.1, 0.15) is 0 Å². The van der Waals surface area contributed by atoms with Crippen molar-refractivity contribution in [1.82, 2.24) is 0 Å². The number of thiophene rings is 1. The molecule has 0 aliphatic carbocycles. The van der Waals surface area contributed by atoms with Crippen molar-refractivity contribution in [2.45, 2.75) is 19.3 Å². The third-order valence-corrected chi connectivity index (χ3v) is 4.66. The first-order valence-electron chi connectivity index (χ1n) is 6.50. The molecule has 1 aromatic heterocycles. The molecule has 3 nitrogen and oxygen atoms in total. The minimum atomic E-state index is -0.563. The van der Waals surface area contributed by atoms with Crippen LogP contribution in [-0.2, 0) is 10.2 Å². The molecule has 0 atom stereocenters. The Balaban J connectivity index is 1.95. The number of hydrogen-bond acceptors (Lipinski definition) is 3. The van der Waals surface area contributed by atoms with Gasteiger partial charge < -0.3 is 4.90 Å². The van der Waals surface area contributed by atoms with Crippen LogP contribution in [-0.4, -0.2) is 18.2 Å². The van der Waals surface area contributed by atoms with Crippen LogP contribution in [0.1, 0.15) is 29.1 Å². The van der Waals surface area contributed by atoms with E-state index in [1.807, 2.05) is 49.6 Å². The standard InChI is InChI=1S/C16H15NO2S/c1-16(2)11-6-3-4-7-12(11)17(15(16)19)10-13(18)14-8-5-9-20-14/h3-9H,10H2,1-2H3. The van der Waals surface area contributed by atoms with Crippen LogP contribution in [0.15, 0.2) is 41.8 Å². The molecule has 0 spiro atoms. The van der Waals surface area contributed by atoms with Crippen molar-refractivity contribution in [3.63, 3.8) is 0 Å². The molecule has 1 aromatic carbocycles. The van der Waals surface area contributed by atoms with Crippen LogP contribution in [0.4, 0.5) is 5.69 Å². The fraction of sp³-hybridized carbons (Fsp3) is 0.250. The first-order valence-corrected chi connectivity index (χ1v) is 7.38. The monoisotopic (exact) mass is 285 g/mol. The van der Waals surface area contributed by atoms with Gasteiger partial charge in [0, 0.05) is 5.69 Å². The van der Waals surface area contributed by atoms with E-state index in [0.717, 1.165) is 11.3 Å². The summed E-state index contributed by atoms with van der Waals surface area (Å²) in [5.41, 5.74) is 1.28. The molecule has 0 unspecified atom stereocenters. The number of hydrogen-bond donors (Lipinski definition) is 0. The lowest BCUT2D eigenvalue weighted by Gasteiger charge is -2.19. The van der Waals surface area contributed by atoms with Crippen molar-refractivity contribution in [2.24, 2.45) is 0 Å². The lowest BCUT2D eigenvalue weighted by atomic mass is 9.86. The van der Waals surface area contributed by atoms with Crippen LogP contribution in [0.5, 0.6) is 0 Å². The molecule has 102 valence electrons. The summed E-state index contributed by atoms with van der Waals surface area (Å²) in [6, 6.07) is 11.3. The summed E-state index contributed by atoms with van der Waals surface area (Å²) in [6.45, 7) is 3.92. The van der Waals surface area contributed by atoms with E-state index in [0.29, 0.717) is 4.88 Å². The zero-order chi connectivity index (χ0) is 14.3. The molecule has 2 aromatic rings. The fourth-order valence-electron chi connectivity index (χ4n) is 2.62. The second-order valence-corrected chi connectivity index (χ2v) is 6.38. The van der Waals surface area contributed by atoms with Crippen LogP contribution in [0, 0.1) is 0 Å². The Hall–Kier alpha value is -1.94. The van der Waals surface area contributed by atoms with Crippen LogP contribution < -0.4 is 4.90 Å². The van der Waals surface area contributed by atoms with Crippen molar-refractivity contribution < 1.29 is 9.59 Å². The number of amides is 1. The van der Waals surface area contributed by atoms with E-state index in [2.05, 4.69) is 0 Å². The zero-order valence-electron chi connectivity index (χ0n) is 11.4. The Kier molecular flexibility index (Phi) is 2.98. The maximum atomic E-state index is 12.6. The van der Waals surface area contributed by atoms with Gasteiger partial charge in [-0.1, -0.05) is 24.3 Å². The van der Waals surface area contributed by atoms with E-state index in [1.165, 1.54) is 11.3 Å². The van der Waals surface area contributed by atoms with E-state index in [-0.39, 0.29) is 18.2 Å². The Morgan fingerprint density at radius 2 is 1.95 bits per heavy atom. The largest absolute Gasteiger partial charge is 0.304 e. The highest BCUT2D eigenvalue weighted by Crippen LogP contribution is 2.41. The van der Waals surface area contributed by atoms with E-state index < -0.39 is 5.41 Å². The molecule has 1 aliphatic rings. The normalized spacial score (nSPS) is 16.3. The number of benzene rings is 1. The number of Topliss-reactive ketones (excluding diaryl/α,β-unsaturated/α-hetero) is 1. The number of anilines is 1. The zero-order valence-corrected chi connectivity index (χ0v) is 12.2. The van der Waals surface area contributed by atoms with E-state index in [4.69, 9.17) is 0 Å². The van der Waals surface area contributed by atoms with Gasteiger partial charge >= 0.3 is 0 Å². The highest BCUT2D eigenvalue weighted by Gasteiger charge is 2.44. The SMILES string of the molecule is CC1(C)C(=O)N(CC(=O)c2cccs2)c2ccccc21. The molecule has 3 rings (SSSR count). The molecule has 1 amide bonds. The van der Waals surface area contributed by atoms with Gasteiger partial charge in [-0.15, -0.1) is 11.3 Å². The van der Waals surface area contributed by atoms with Crippen molar-refractivity contribution >= 4 is 28.7 Å². The van der Waals surface area contributed by atoms with Crippen molar-refractivity contribution in [2.75, 3.05) is 11.4 Å². The maximum absolute atomic E-state index is 12.6. The predicted octanol–water partition coefficient (Wildman–Crippen LogP) is 3.26. The molecular weight excluding hydrogens is 270 g/mol. The van der Waals surface area contributed by atoms with Gasteiger partial charge in [-0.25, -0.2) is 0 Å². The summed E-state index contributed by atoms with van der Waals surface area (Å²) in [7, 11) is 0. The Labute approximate surface area is 121 Å². The fourth-order valence-corrected chi connectivity index (χ4v) is 3.27. The van der Waals surface area contributed by atoms with Crippen LogP contribution in [0.3, 0.4) is 0 Å². The summed E-state index contributed by atoms with van der Waals surface area (Å²) >= 11 is 1.41. The lowest BCUT2D eigenvalue weighted by Crippen LogP contribution is -2.39. The predicted molar refractivity (Wildman–Crippen MR) is 80.5 cm³/mol. The molecule has 0 saturated heterocycles. The second-order valence-electron chi connectivity index (χ2n) is 5.43. The van der Waals surface area contributed by atoms with Crippen molar-refractivity contribution in [1.29, 1.82) is 0 Å². The Bertz CT molecular complexity index is 674. The molecule has 4 heteroatoms. The molecule has 0 saturated carbocycles. The number of nitrogens with zero attached hydrogens (tertiary/aromatic N) is 1. The number of fused-ring (bicyclic) bond motifs is 1. The van der Waals surface area contributed by atoms with Crippen molar-refractivity contribution in [3.8, 4) is 0 Å². The van der Waals surface area contributed by atoms with Gasteiger partial charge in [0.05, 0.1) is 16.8 Å². The molecule has 0 fully saturated rings. The molecule has 0 N–H and O–H groups in total. The highest BCUT2D eigenvalue weighted by atomic mass is 32.1. The lowest BCUT2D eigenvalue weighted by molar-refractivity contribution is -0.122. The van der Waals surface area contributed by atoms with Crippen molar-refractivity contribution in [3.05, 3.63) is 52.2 Å². The van der Waals surface area contributed by atoms with Gasteiger partial charge in [0.25, 0.3) is 0 Å². The first-order chi connectivity index (χ1) is 9.51. The second kappa shape index (κ2) is 4.56. The summed E-state index contributed by atoms with van der Waals surface area (Å²) in [6.07, 6.45) is 0. The minimum Gasteiger partial charge on any atom is -0.304 e. The van der Waals surface area contributed by atoms with Gasteiger partial charge in [-0.05, 0) is 36.9 Å². The minimum absolute atomic E-state index is 0.0105. The van der Waals surface area contributed by atoms with Gasteiger partial charge in [0.2, 0.25) is 5.91 Å². The molecule has 0 radical (unpaired) electrons. The average molecular weight is 285 g/mol. The Morgan fingerprint density at radius 1 is 1.20 bits per heavy atom. The number of carbonyl (C=O) groups is 2. The van der Waals surface area contributed by atoms with Gasteiger partial charge in [-0.3, -0.25) is 9.59 Å². The molecule has 1 aliphatic heterocycles. The summed E-state index contributed by atoms with van der Waals surface area (Å²) < 4.78 is 0. The summed E-state index contributed by atoms with van der Waals surface area (Å²) in [5, 5.41) is 1.87. The van der Waals surface area contributed by atoms with Crippen LogP contribution in [0.2, 0.25) is 0 Å². The topological polar surface area (TPSA) is 37.4 Å². The number of rotatable bonds is 3. The van der Waals surface area contributed by atoms with Crippen LogP contribution >= 0.6 is 11.3 Å². The maximum Gasteiger partial charge on any atom is 0.237 e. The number of para-hydroxylation sites is 1. The summed E-state index contributed by atoms with van der Waals surface area (Å²) in [5.74, 6) is -0.0236. The molecular formula is C16H15NO2S. The van der Waals surface area contributed by atoms with Gasteiger partial charge in [-0.2, -0.15) is 0 Å². The average Bonchev–Trinajstić information content (AvgIpc) is 3.02. The summed E-state index contributed by atoms with van der Waals surface area (Å²) in [4.78, 5) is 27.1. The third kappa shape index (κ3) is 1.88. The number of ketones is 1. The molecule has 0 bridgehead atoms.